The molecule has 0 fully saturated rings. The molecule has 0 amide bonds. The van der Waals surface area contributed by atoms with Gasteiger partial charge in [-0.1, -0.05) is 225 Å². The first-order chi connectivity index (χ1) is 30.6. The second-order valence-electron chi connectivity index (χ2n) is 15.9. The van der Waals surface area contributed by atoms with Gasteiger partial charge in [0.15, 0.2) is 17.5 Å². The van der Waals surface area contributed by atoms with E-state index in [0.717, 1.165) is 39.0 Å². The second-order valence-corrected chi connectivity index (χ2v) is 15.9. The van der Waals surface area contributed by atoms with Gasteiger partial charge in [-0.3, -0.25) is 0 Å². The number of rotatable bonds is 8. The molecule has 9 aromatic rings. The average Bonchev–Trinajstić information content (AvgIpc) is 3.82. The standard InChI is InChI=1S/C59H41N3/c1-3-5-16-39(4-2)41-27-33-44(34-28-41)56-60-57(45-35-29-42(30-36-45)40-17-7-6-8-18-40)62-58(61-56)46-37-31-43(32-38-46)47-22-15-23-51-50-21-11-14-26-54(50)59(55(47)51)52-24-12-9-19-48(52)49-20-10-13-25-53(49)59/h3-38H,1H2,2H3/b16-5-,39-4+. The van der Waals surface area contributed by atoms with Crippen LogP contribution < -0.4 is 0 Å². The van der Waals surface area contributed by atoms with Gasteiger partial charge in [0.25, 0.3) is 0 Å². The topological polar surface area (TPSA) is 38.7 Å². The monoisotopic (exact) mass is 791 g/mol. The van der Waals surface area contributed by atoms with Crippen molar-refractivity contribution in [2.24, 2.45) is 0 Å². The second kappa shape index (κ2) is 15.2. The molecule has 1 heterocycles. The number of fused-ring (bicyclic) bond motifs is 10. The van der Waals surface area contributed by atoms with Crippen LogP contribution in [0.25, 0.3) is 84.2 Å². The summed E-state index contributed by atoms with van der Waals surface area (Å²) >= 11 is 0. The van der Waals surface area contributed by atoms with Gasteiger partial charge in [-0.05, 0) is 84.8 Å². The minimum atomic E-state index is -0.437. The third-order valence-corrected chi connectivity index (χ3v) is 12.6. The number of nitrogens with zero attached hydrogens (tertiary/aromatic N) is 3. The molecule has 0 radical (unpaired) electrons. The van der Waals surface area contributed by atoms with Gasteiger partial charge in [0.1, 0.15) is 0 Å². The Bertz CT molecular complexity index is 3160. The Morgan fingerprint density at radius 1 is 0.403 bits per heavy atom. The van der Waals surface area contributed by atoms with Crippen LogP contribution in [0.5, 0.6) is 0 Å². The molecule has 3 heteroatoms. The largest absolute Gasteiger partial charge is 0.208 e. The lowest BCUT2D eigenvalue weighted by atomic mass is 9.68. The van der Waals surface area contributed by atoms with Gasteiger partial charge >= 0.3 is 0 Å². The maximum Gasteiger partial charge on any atom is 0.164 e. The third-order valence-electron chi connectivity index (χ3n) is 12.6. The van der Waals surface area contributed by atoms with Crippen LogP contribution in [0.15, 0.2) is 225 Å². The van der Waals surface area contributed by atoms with Crippen molar-refractivity contribution in [1.82, 2.24) is 15.0 Å². The first-order valence-corrected chi connectivity index (χ1v) is 21.2. The lowest BCUT2D eigenvalue weighted by Crippen LogP contribution is -2.26. The Morgan fingerprint density at radius 2 is 0.806 bits per heavy atom. The molecule has 8 aromatic carbocycles. The molecule has 11 rings (SSSR count). The van der Waals surface area contributed by atoms with E-state index in [1.807, 2.05) is 19.1 Å². The Labute approximate surface area is 362 Å². The van der Waals surface area contributed by atoms with Crippen LogP contribution in [0.2, 0.25) is 0 Å². The molecule has 0 aliphatic heterocycles. The summed E-state index contributed by atoms with van der Waals surface area (Å²) in [4.78, 5) is 15.4. The summed E-state index contributed by atoms with van der Waals surface area (Å²) in [6.07, 6.45) is 7.92. The summed E-state index contributed by atoms with van der Waals surface area (Å²) in [5, 5.41) is 0. The van der Waals surface area contributed by atoms with Crippen molar-refractivity contribution in [3.8, 4) is 78.7 Å². The highest BCUT2D eigenvalue weighted by Gasteiger charge is 2.52. The zero-order chi connectivity index (χ0) is 41.6. The molecule has 2 aliphatic carbocycles. The minimum absolute atomic E-state index is 0.437. The Hall–Kier alpha value is -8.01. The molecule has 0 atom stereocenters. The molecule has 0 bridgehead atoms. The van der Waals surface area contributed by atoms with Crippen LogP contribution in [0.3, 0.4) is 0 Å². The van der Waals surface area contributed by atoms with Crippen molar-refractivity contribution in [2.45, 2.75) is 12.3 Å². The first-order valence-electron chi connectivity index (χ1n) is 21.2. The Kier molecular flexibility index (Phi) is 9.09. The van der Waals surface area contributed by atoms with E-state index in [1.165, 1.54) is 55.6 Å². The minimum Gasteiger partial charge on any atom is -0.208 e. The van der Waals surface area contributed by atoms with Crippen LogP contribution in [-0.4, -0.2) is 15.0 Å². The quantitative estimate of drug-likeness (QED) is 0.144. The molecule has 1 spiro atoms. The maximum absolute atomic E-state index is 5.14. The zero-order valence-electron chi connectivity index (χ0n) is 34.3. The van der Waals surface area contributed by atoms with Crippen molar-refractivity contribution in [3.63, 3.8) is 0 Å². The molecular formula is C59H41N3. The van der Waals surface area contributed by atoms with E-state index >= 15 is 0 Å². The van der Waals surface area contributed by atoms with Crippen molar-refractivity contribution in [1.29, 1.82) is 0 Å². The van der Waals surface area contributed by atoms with Gasteiger partial charge in [0.2, 0.25) is 0 Å². The van der Waals surface area contributed by atoms with Gasteiger partial charge in [-0.15, -0.1) is 0 Å². The first kappa shape index (κ1) is 37.0. The predicted octanol–water partition coefficient (Wildman–Crippen LogP) is 14.7. The molecule has 0 unspecified atom stereocenters. The average molecular weight is 792 g/mol. The molecule has 0 saturated carbocycles. The lowest BCUT2D eigenvalue weighted by Gasteiger charge is -2.32. The number of hydrogen-bond donors (Lipinski definition) is 0. The SMILES string of the molecule is C=C/C=C\C(=C/C)c1ccc(-c2nc(-c3ccc(-c4ccccc4)cc3)nc(-c3ccc(-c4cccc5c4C4(c6ccccc6-c6ccccc64)c4ccccc4-5)cc3)n2)cc1. The van der Waals surface area contributed by atoms with E-state index in [0.29, 0.717) is 17.5 Å². The number of hydrogen-bond acceptors (Lipinski definition) is 3. The van der Waals surface area contributed by atoms with Crippen LogP contribution in [0.4, 0.5) is 0 Å². The van der Waals surface area contributed by atoms with Gasteiger partial charge in [0, 0.05) is 16.7 Å². The van der Waals surface area contributed by atoms with E-state index < -0.39 is 5.41 Å². The van der Waals surface area contributed by atoms with Gasteiger partial charge in [-0.25, -0.2) is 15.0 Å². The van der Waals surface area contributed by atoms with Gasteiger partial charge < -0.3 is 0 Å². The summed E-state index contributed by atoms with van der Waals surface area (Å²) in [6.45, 7) is 5.88. The Balaban J connectivity index is 1.03. The van der Waals surface area contributed by atoms with E-state index in [-0.39, 0.29) is 0 Å². The number of allylic oxidation sites excluding steroid dienone is 5. The summed E-state index contributed by atoms with van der Waals surface area (Å²) < 4.78 is 0. The highest BCUT2D eigenvalue weighted by atomic mass is 15.0. The summed E-state index contributed by atoms with van der Waals surface area (Å²) in [7, 11) is 0. The van der Waals surface area contributed by atoms with Crippen LogP contribution in [0, 0.1) is 0 Å². The fraction of sp³-hybridized carbons (Fsp3) is 0.0339. The Morgan fingerprint density at radius 3 is 1.32 bits per heavy atom. The third kappa shape index (κ3) is 5.93. The lowest BCUT2D eigenvalue weighted by molar-refractivity contribution is 0.796. The smallest absolute Gasteiger partial charge is 0.164 e. The fourth-order valence-corrected chi connectivity index (χ4v) is 9.74. The highest BCUT2D eigenvalue weighted by Crippen LogP contribution is 2.64. The fourth-order valence-electron chi connectivity index (χ4n) is 9.74. The summed E-state index contributed by atoms with van der Waals surface area (Å²) in [6, 6.07) is 69.8. The van der Waals surface area contributed by atoms with E-state index in [9.17, 15) is 0 Å². The van der Waals surface area contributed by atoms with Crippen LogP contribution >= 0.6 is 0 Å². The van der Waals surface area contributed by atoms with Crippen molar-refractivity contribution < 1.29 is 0 Å². The number of aromatic nitrogens is 3. The van der Waals surface area contributed by atoms with E-state index in [2.05, 4.69) is 207 Å². The van der Waals surface area contributed by atoms with Crippen LogP contribution in [0.1, 0.15) is 34.7 Å². The van der Waals surface area contributed by atoms with Gasteiger partial charge in [-0.2, -0.15) is 0 Å². The van der Waals surface area contributed by atoms with Crippen molar-refractivity contribution >= 4 is 5.57 Å². The molecule has 1 aromatic heterocycles. The number of benzene rings is 8. The highest BCUT2D eigenvalue weighted by molar-refractivity contribution is 5.98. The molecule has 2 aliphatic rings. The van der Waals surface area contributed by atoms with E-state index in [1.54, 1.807) is 6.08 Å². The normalized spacial score (nSPS) is 13.1. The van der Waals surface area contributed by atoms with Crippen molar-refractivity contribution in [2.75, 3.05) is 0 Å². The molecule has 0 N–H and O–H groups in total. The van der Waals surface area contributed by atoms with Crippen LogP contribution in [-0.2, 0) is 5.41 Å². The van der Waals surface area contributed by atoms with Crippen molar-refractivity contribution in [3.05, 3.63) is 253 Å². The molecule has 3 nitrogen and oxygen atoms in total. The van der Waals surface area contributed by atoms with E-state index in [4.69, 9.17) is 15.0 Å². The predicted molar refractivity (Wildman–Crippen MR) is 256 cm³/mol. The zero-order valence-corrected chi connectivity index (χ0v) is 34.3. The van der Waals surface area contributed by atoms with Gasteiger partial charge in [0.05, 0.1) is 5.41 Å². The molecular weight excluding hydrogens is 751 g/mol. The molecule has 62 heavy (non-hydrogen) atoms. The summed E-state index contributed by atoms with van der Waals surface area (Å²) in [5.41, 5.74) is 19.7. The maximum atomic E-state index is 5.14. The molecule has 0 saturated heterocycles. The summed E-state index contributed by atoms with van der Waals surface area (Å²) in [5.74, 6) is 1.87. The molecule has 292 valence electrons.